The standard InChI is InChI=1S/C18H22ClN3O/c1-3-12(2)18(23)22-10-6-9-16(22)17-20-11-15(21-17)13-7-4-5-8-14(13)19/h4-5,7-8,11-12,16H,3,6,9-10H2,1-2H3,(H,20,21). The number of carbonyl (C=O) groups is 1. The first-order valence-corrected chi connectivity index (χ1v) is 8.60. The van der Waals surface area contributed by atoms with Gasteiger partial charge in [0.1, 0.15) is 5.82 Å². The third kappa shape index (κ3) is 3.13. The van der Waals surface area contributed by atoms with Gasteiger partial charge in [0.25, 0.3) is 0 Å². The minimum Gasteiger partial charge on any atom is -0.340 e. The summed E-state index contributed by atoms with van der Waals surface area (Å²) in [5.41, 5.74) is 1.83. The van der Waals surface area contributed by atoms with Crippen LogP contribution in [-0.4, -0.2) is 27.3 Å². The lowest BCUT2D eigenvalue weighted by atomic mass is 10.1. The fourth-order valence-corrected chi connectivity index (χ4v) is 3.33. The molecule has 0 radical (unpaired) electrons. The number of aromatic nitrogens is 2. The van der Waals surface area contributed by atoms with Crippen molar-refractivity contribution in [1.29, 1.82) is 0 Å². The normalized spacial score (nSPS) is 19.1. The zero-order chi connectivity index (χ0) is 16.4. The third-order valence-corrected chi connectivity index (χ3v) is 4.97. The molecule has 1 aliphatic rings. The molecule has 1 amide bonds. The van der Waals surface area contributed by atoms with Crippen LogP contribution in [-0.2, 0) is 4.79 Å². The second kappa shape index (κ2) is 6.75. The molecule has 0 bridgehead atoms. The summed E-state index contributed by atoms with van der Waals surface area (Å²) in [5, 5.41) is 0.696. The lowest BCUT2D eigenvalue weighted by Gasteiger charge is -2.26. The molecule has 1 aromatic carbocycles. The van der Waals surface area contributed by atoms with Gasteiger partial charge >= 0.3 is 0 Å². The van der Waals surface area contributed by atoms with E-state index in [1.807, 2.05) is 36.1 Å². The number of rotatable bonds is 4. The average molecular weight is 332 g/mol. The Morgan fingerprint density at radius 3 is 3.00 bits per heavy atom. The van der Waals surface area contributed by atoms with Crippen LogP contribution in [0.5, 0.6) is 0 Å². The summed E-state index contributed by atoms with van der Waals surface area (Å²) in [6.45, 7) is 4.86. The molecule has 23 heavy (non-hydrogen) atoms. The number of aromatic amines is 1. The Bertz CT molecular complexity index is 697. The number of nitrogens with one attached hydrogen (secondary N) is 1. The van der Waals surface area contributed by atoms with Crippen molar-refractivity contribution < 1.29 is 4.79 Å². The van der Waals surface area contributed by atoms with Gasteiger partial charge in [-0.2, -0.15) is 0 Å². The van der Waals surface area contributed by atoms with E-state index >= 15 is 0 Å². The molecule has 2 heterocycles. The van der Waals surface area contributed by atoms with Gasteiger partial charge in [-0.1, -0.05) is 43.6 Å². The minimum atomic E-state index is 0.0488. The van der Waals surface area contributed by atoms with Crippen LogP contribution in [0.25, 0.3) is 11.3 Å². The molecule has 0 saturated carbocycles. The van der Waals surface area contributed by atoms with Gasteiger partial charge < -0.3 is 9.88 Å². The van der Waals surface area contributed by atoms with E-state index < -0.39 is 0 Å². The number of halogens is 1. The Hall–Kier alpha value is -1.81. The van der Waals surface area contributed by atoms with E-state index in [0.29, 0.717) is 5.02 Å². The second-order valence-electron chi connectivity index (χ2n) is 6.16. The van der Waals surface area contributed by atoms with E-state index in [2.05, 4.69) is 16.9 Å². The third-order valence-electron chi connectivity index (χ3n) is 4.64. The summed E-state index contributed by atoms with van der Waals surface area (Å²) in [6.07, 6.45) is 4.65. The molecule has 1 N–H and O–H groups in total. The van der Waals surface area contributed by atoms with Gasteiger partial charge in [-0.3, -0.25) is 4.79 Å². The summed E-state index contributed by atoms with van der Waals surface area (Å²) in [7, 11) is 0. The van der Waals surface area contributed by atoms with Crippen molar-refractivity contribution in [3.05, 3.63) is 41.3 Å². The first-order valence-electron chi connectivity index (χ1n) is 8.22. The molecular formula is C18H22ClN3O. The molecule has 2 aromatic rings. The van der Waals surface area contributed by atoms with Crippen molar-refractivity contribution >= 4 is 17.5 Å². The SMILES string of the molecule is CCC(C)C(=O)N1CCCC1c1ncc(-c2ccccc2Cl)[nH]1. The number of nitrogens with zero attached hydrogens (tertiary/aromatic N) is 2. The van der Waals surface area contributed by atoms with Crippen molar-refractivity contribution in [3.63, 3.8) is 0 Å². The predicted molar refractivity (Wildman–Crippen MR) is 92.2 cm³/mol. The van der Waals surface area contributed by atoms with Gasteiger partial charge in [0.2, 0.25) is 5.91 Å². The van der Waals surface area contributed by atoms with E-state index in [-0.39, 0.29) is 17.9 Å². The average Bonchev–Trinajstić information content (AvgIpc) is 3.22. The van der Waals surface area contributed by atoms with Crippen molar-refractivity contribution in [1.82, 2.24) is 14.9 Å². The number of H-pyrrole nitrogens is 1. The smallest absolute Gasteiger partial charge is 0.226 e. The molecule has 122 valence electrons. The van der Waals surface area contributed by atoms with Crippen LogP contribution < -0.4 is 0 Å². The maximum atomic E-state index is 12.6. The molecule has 2 unspecified atom stereocenters. The van der Waals surface area contributed by atoms with Crippen LogP contribution in [0.3, 0.4) is 0 Å². The van der Waals surface area contributed by atoms with Gasteiger partial charge in [-0.15, -0.1) is 0 Å². The van der Waals surface area contributed by atoms with Gasteiger partial charge in [-0.05, 0) is 25.3 Å². The Morgan fingerprint density at radius 1 is 1.48 bits per heavy atom. The monoisotopic (exact) mass is 331 g/mol. The number of hydrogen-bond donors (Lipinski definition) is 1. The zero-order valence-electron chi connectivity index (χ0n) is 13.6. The molecule has 3 rings (SSSR count). The van der Waals surface area contributed by atoms with E-state index in [9.17, 15) is 4.79 Å². The van der Waals surface area contributed by atoms with Crippen LogP contribution in [0, 0.1) is 5.92 Å². The van der Waals surface area contributed by atoms with Crippen LogP contribution in [0.15, 0.2) is 30.5 Å². The number of benzene rings is 1. The lowest BCUT2D eigenvalue weighted by Crippen LogP contribution is -2.34. The summed E-state index contributed by atoms with van der Waals surface area (Å²) < 4.78 is 0. The van der Waals surface area contributed by atoms with Crippen molar-refractivity contribution in [2.24, 2.45) is 5.92 Å². The van der Waals surface area contributed by atoms with E-state index in [1.165, 1.54) is 0 Å². The van der Waals surface area contributed by atoms with Gasteiger partial charge in [0.05, 0.1) is 17.9 Å². The Balaban J connectivity index is 1.85. The Labute approximate surface area is 141 Å². The second-order valence-corrected chi connectivity index (χ2v) is 6.57. The molecule has 2 atom stereocenters. The maximum absolute atomic E-state index is 12.6. The highest BCUT2D eigenvalue weighted by Gasteiger charge is 2.33. The Morgan fingerprint density at radius 2 is 2.26 bits per heavy atom. The lowest BCUT2D eigenvalue weighted by molar-refractivity contribution is -0.136. The summed E-state index contributed by atoms with van der Waals surface area (Å²) in [6, 6.07) is 7.75. The van der Waals surface area contributed by atoms with Crippen molar-refractivity contribution in [2.75, 3.05) is 6.54 Å². The molecule has 5 heteroatoms. The van der Waals surface area contributed by atoms with Crippen molar-refractivity contribution in [3.8, 4) is 11.3 Å². The first-order chi connectivity index (χ1) is 11.1. The fraction of sp³-hybridized carbons (Fsp3) is 0.444. The quantitative estimate of drug-likeness (QED) is 0.900. The van der Waals surface area contributed by atoms with E-state index in [1.54, 1.807) is 6.20 Å². The largest absolute Gasteiger partial charge is 0.340 e. The molecular weight excluding hydrogens is 310 g/mol. The number of imidazole rings is 1. The number of carbonyl (C=O) groups excluding carboxylic acids is 1. The van der Waals surface area contributed by atoms with Gasteiger partial charge in [0.15, 0.2) is 0 Å². The predicted octanol–water partition coefficient (Wildman–Crippen LogP) is 4.44. The topological polar surface area (TPSA) is 49.0 Å². The van der Waals surface area contributed by atoms with Gasteiger partial charge in [-0.25, -0.2) is 4.98 Å². The molecule has 1 fully saturated rings. The molecule has 1 saturated heterocycles. The summed E-state index contributed by atoms with van der Waals surface area (Å²) in [5.74, 6) is 1.15. The van der Waals surface area contributed by atoms with E-state index in [0.717, 1.165) is 42.9 Å². The van der Waals surface area contributed by atoms with Crippen LogP contribution in [0.1, 0.15) is 45.0 Å². The number of hydrogen-bond acceptors (Lipinski definition) is 2. The highest BCUT2D eigenvalue weighted by molar-refractivity contribution is 6.33. The van der Waals surface area contributed by atoms with Gasteiger partial charge in [0, 0.05) is 23.0 Å². The maximum Gasteiger partial charge on any atom is 0.226 e. The van der Waals surface area contributed by atoms with Crippen LogP contribution >= 0.6 is 11.6 Å². The summed E-state index contributed by atoms with van der Waals surface area (Å²) >= 11 is 6.25. The first kappa shape index (κ1) is 16.1. The molecule has 1 aliphatic heterocycles. The van der Waals surface area contributed by atoms with Crippen molar-refractivity contribution in [2.45, 2.75) is 39.2 Å². The molecule has 1 aromatic heterocycles. The minimum absolute atomic E-state index is 0.0488. The van der Waals surface area contributed by atoms with Crippen LogP contribution in [0.4, 0.5) is 0 Å². The molecule has 4 nitrogen and oxygen atoms in total. The number of likely N-dealkylation sites (tertiary alicyclic amines) is 1. The Kier molecular flexibility index (Phi) is 4.71. The van der Waals surface area contributed by atoms with E-state index in [4.69, 9.17) is 11.6 Å². The molecule has 0 spiro atoms. The molecule has 0 aliphatic carbocycles. The van der Waals surface area contributed by atoms with Crippen LogP contribution in [0.2, 0.25) is 5.02 Å². The zero-order valence-corrected chi connectivity index (χ0v) is 14.3. The fourth-order valence-electron chi connectivity index (χ4n) is 3.09. The number of amides is 1. The highest BCUT2D eigenvalue weighted by Crippen LogP contribution is 2.34. The summed E-state index contributed by atoms with van der Waals surface area (Å²) in [4.78, 5) is 22.4. The highest BCUT2D eigenvalue weighted by atomic mass is 35.5.